The summed E-state index contributed by atoms with van der Waals surface area (Å²) < 4.78 is 41.5. The van der Waals surface area contributed by atoms with Crippen molar-refractivity contribution in [1.29, 1.82) is 0 Å². The third-order valence-electron chi connectivity index (χ3n) is 3.15. The number of hydrogen-bond acceptors (Lipinski definition) is 4. The Morgan fingerprint density at radius 3 is 2.81 bits per heavy atom. The minimum Gasteiger partial charge on any atom is -0.480 e. The molecule has 0 spiro atoms. The first-order valence-corrected chi connectivity index (χ1v) is 9.01. The van der Waals surface area contributed by atoms with Gasteiger partial charge in [-0.1, -0.05) is 0 Å². The van der Waals surface area contributed by atoms with E-state index >= 15 is 0 Å². The molecule has 21 heavy (non-hydrogen) atoms. The Hall–Kier alpha value is -1.15. The van der Waals surface area contributed by atoms with Crippen LogP contribution in [0.5, 0.6) is 5.75 Å². The summed E-state index contributed by atoms with van der Waals surface area (Å²) in [5, 5.41) is 2.65. The maximum atomic E-state index is 13.0. The molecule has 1 heterocycles. The van der Waals surface area contributed by atoms with Crippen molar-refractivity contribution in [3.63, 3.8) is 0 Å². The third kappa shape index (κ3) is 4.41. The average Bonchev–Trinajstić information content (AvgIpc) is 2.72. The predicted octanol–water partition coefficient (Wildman–Crippen LogP) is 1.66. The molecule has 1 fully saturated rings. The summed E-state index contributed by atoms with van der Waals surface area (Å²) in [5.41, 5.74) is 0. The van der Waals surface area contributed by atoms with Crippen molar-refractivity contribution in [2.24, 2.45) is 0 Å². The van der Waals surface area contributed by atoms with Crippen molar-refractivity contribution in [2.45, 2.75) is 25.5 Å². The monoisotopic (exact) mass is 379 g/mol. The Balaban J connectivity index is 1.94. The van der Waals surface area contributed by atoms with Gasteiger partial charge >= 0.3 is 0 Å². The highest BCUT2D eigenvalue weighted by Crippen LogP contribution is 2.26. The molecule has 1 amide bonds. The summed E-state index contributed by atoms with van der Waals surface area (Å²) >= 11 is 3.15. The number of amides is 1. The molecule has 0 radical (unpaired) electrons. The highest BCUT2D eigenvalue weighted by atomic mass is 79.9. The standard InChI is InChI=1S/C13H15BrFNO4S/c1-8(20-12-3-2-9(15)6-11(12)14)13(17)16-10-4-5-21(18,19)7-10/h2-3,6,8,10H,4-5,7H2,1H3,(H,16,17)/t8-,10-/m1/s1. The van der Waals surface area contributed by atoms with Crippen molar-refractivity contribution in [3.05, 3.63) is 28.5 Å². The fourth-order valence-corrected chi connectivity index (χ4v) is 4.16. The summed E-state index contributed by atoms with van der Waals surface area (Å²) in [5.74, 6) is -0.406. The van der Waals surface area contributed by atoms with E-state index in [9.17, 15) is 17.6 Å². The first-order valence-electron chi connectivity index (χ1n) is 6.39. The molecule has 1 aromatic rings. The molecule has 116 valence electrons. The summed E-state index contributed by atoms with van der Waals surface area (Å²) in [7, 11) is -3.04. The number of hydrogen-bond donors (Lipinski definition) is 1. The van der Waals surface area contributed by atoms with Crippen LogP contribution >= 0.6 is 15.9 Å². The van der Waals surface area contributed by atoms with Crippen LogP contribution in [0.3, 0.4) is 0 Å². The van der Waals surface area contributed by atoms with Gasteiger partial charge in [-0.25, -0.2) is 12.8 Å². The minimum absolute atomic E-state index is 0.0360. The zero-order chi connectivity index (χ0) is 15.6. The first kappa shape index (κ1) is 16.2. The molecule has 2 rings (SSSR count). The van der Waals surface area contributed by atoms with Crippen LogP contribution in [0.25, 0.3) is 0 Å². The quantitative estimate of drug-likeness (QED) is 0.863. The van der Waals surface area contributed by atoms with E-state index in [2.05, 4.69) is 21.2 Å². The maximum absolute atomic E-state index is 13.0. The number of nitrogens with one attached hydrogen (secondary N) is 1. The second-order valence-corrected chi connectivity index (χ2v) is 8.03. The van der Waals surface area contributed by atoms with Crippen LogP contribution in [0.2, 0.25) is 0 Å². The highest BCUT2D eigenvalue weighted by Gasteiger charge is 2.30. The Kier molecular flexibility index (Phi) is 4.88. The number of halogens is 2. The highest BCUT2D eigenvalue weighted by molar-refractivity contribution is 9.10. The summed E-state index contributed by atoms with van der Waals surface area (Å²) in [4.78, 5) is 12.0. The molecule has 1 aliphatic rings. The number of carbonyl (C=O) groups excluding carboxylic acids is 1. The molecule has 0 aliphatic carbocycles. The van der Waals surface area contributed by atoms with Crippen LogP contribution in [-0.2, 0) is 14.6 Å². The summed E-state index contributed by atoms with van der Waals surface area (Å²) in [6.07, 6.45) is -0.392. The molecule has 1 aromatic carbocycles. The van der Waals surface area contributed by atoms with Gasteiger partial charge in [-0.05, 0) is 47.5 Å². The van der Waals surface area contributed by atoms with Gasteiger partial charge in [0.15, 0.2) is 15.9 Å². The molecule has 1 aliphatic heterocycles. The van der Waals surface area contributed by atoms with E-state index in [-0.39, 0.29) is 17.5 Å². The van der Waals surface area contributed by atoms with Gasteiger partial charge in [0.2, 0.25) is 0 Å². The van der Waals surface area contributed by atoms with Gasteiger partial charge < -0.3 is 10.1 Å². The van der Waals surface area contributed by atoms with E-state index in [1.807, 2.05) is 0 Å². The lowest BCUT2D eigenvalue weighted by Crippen LogP contribution is -2.43. The second-order valence-electron chi connectivity index (χ2n) is 4.94. The van der Waals surface area contributed by atoms with E-state index in [0.29, 0.717) is 16.6 Å². The lowest BCUT2D eigenvalue weighted by atomic mass is 10.2. The molecule has 1 N–H and O–H groups in total. The van der Waals surface area contributed by atoms with E-state index in [1.165, 1.54) is 18.2 Å². The van der Waals surface area contributed by atoms with Gasteiger partial charge in [0.05, 0.1) is 16.0 Å². The molecular formula is C13H15BrFNO4S. The van der Waals surface area contributed by atoms with Crippen LogP contribution in [0.4, 0.5) is 4.39 Å². The fourth-order valence-electron chi connectivity index (χ4n) is 2.04. The Bertz CT molecular complexity index is 650. The molecule has 0 unspecified atom stereocenters. The van der Waals surface area contributed by atoms with E-state index in [1.54, 1.807) is 6.92 Å². The SMILES string of the molecule is C[C@@H](Oc1ccc(F)cc1Br)C(=O)N[C@@H]1CCS(=O)(=O)C1. The van der Waals surface area contributed by atoms with Crippen molar-refractivity contribution in [2.75, 3.05) is 11.5 Å². The van der Waals surface area contributed by atoms with Gasteiger partial charge in [-0.2, -0.15) is 0 Å². The van der Waals surface area contributed by atoms with Crippen molar-refractivity contribution >= 4 is 31.7 Å². The van der Waals surface area contributed by atoms with Gasteiger partial charge in [-0.3, -0.25) is 4.79 Å². The molecule has 5 nitrogen and oxygen atoms in total. The Labute approximate surface area is 130 Å². The zero-order valence-electron chi connectivity index (χ0n) is 11.3. The largest absolute Gasteiger partial charge is 0.480 e. The number of benzene rings is 1. The predicted molar refractivity (Wildman–Crippen MR) is 79.4 cm³/mol. The van der Waals surface area contributed by atoms with E-state index in [0.717, 1.165) is 0 Å². The number of carbonyl (C=O) groups is 1. The Morgan fingerprint density at radius 1 is 1.52 bits per heavy atom. The minimum atomic E-state index is -3.04. The molecule has 1 saturated heterocycles. The fraction of sp³-hybridized carbons (Fsp3) is 0.462. The maximum Gasteiger partial charge on any atom is 0.261 e. The second kappa shape index (κ2) is 6.31. The van der Waals surface area contributed by atoms with Crippen LogP contribution in [0.15, 0.2) is 22.7 Å². The lowest BCUT2D eigenvalue weighted by Gasteiger charge is -2.18. The molecule has 2 atom stereocenters. The van der Waals surface area contributed by atoms with Crippen molar-refractivity contribution in [3.8, 4) is 5.75 Å². The van der Waals surface area contributed by atoms with Gasteiger partial charge in [0.1, 0.15) is 11.6 Å². The van der Waals surface area contributed by atoms with Crippen LogP contribution in [-0.4, -0.2) is 38.0 Å². The summed E-state index contributed by atoms with van der Waals surface area (Å²) in [6, 6.07) is 3.52. The van der Waals surface area contributed by atoms with E-state index < -0.39 is 27.7 Å². The van der Waals surface area contributed by atoms with Crippen molar-refractivity contribution in [1.82, 2.24) is 5.32 Å². The molecule has 0 aromatic heterocycles. The van der Waals surface area contributed by atoms with Crippen LogP contribution in [0.1, 0.15) is 13.3 Å². The summed E-state index contributed by atoms with van der Waals surface area (Å²) in [6.45, 7) is 1.55. The molecule has 8 heteroatoms. The van der Waals surface area contributed by atoms with Crippen LogP contribution < -0.4 is 10.1 Å². The van der Waals surface area contributed by atoms with Gasteiger partial charge in [0, 0.05) is 6.04 Å². The lowest BCUT2D eigenvalue weighted by molar-refractivity contribution is -0.127. The Morgan fingerprint density at radius 2 is 2.24 bits per heavy atom. The number of rotatable bonds is 4. The average molecular weight is 380 g/mol. The topological polar surface area (TPSA) is 72.5 Å². The molecular weight excluding hydrogens is 365 g/mol. The van der Waals surface area contributed by atoms with Gasteiger partial charge in [0.25, 0.3) is 5.91 Å². The number of sulfone groups is 1. The van der Waals surface area contributed by atoms with E-state index in [4.69, 9.17) is 4.74 Å². The third-order valence-corrected chi connectivity index (χ3v) is 5.53. The first-order chi connectivity index (χ1) is 9.77. The molecule has 0 saturated carbocycles. The van der Waals surface area contributed by atoms with Crippen LogP contribution in [0, 0.1) is 5.82 Å². The number of ether oxygens (including phenoxy) is 1. The smallest absolute Gasteiger partial charge is 0.261 e. The molecule has 0 bridgehead atoms. The van der Waals surface area contributed by atoms with Gasteiger partial charge in [-0.15, -0.1) is 0 Å². The van der Waals surface area contributed by atoms with Crippen molar-refractivity contribution < 1.29 is 22.3 Å². The normalized spacial score (nSPS) is 21.8. The zero-order valence-corrected chi connectivity index (χ0v) is 13.7.